The number of rotatable bonds is 8. The molecule has 2 atom stereocenters. The summed E-state index contributed by atoms with van der Waals surface area (Å²) in [5.74, 6) is -0.416. The number of ether oxygens (including phenoxy) is 1. The third-order valence-electron chi connectivity index (χ3n) is 5.11. The quantitative estimate of drug-likeness (QED) is 0.308. The molecule has 0 radical (unpaired) electrons. The van der Waals surface area contributed by atoms with Gasteiger partial charge in [0.05, 0.1) is 18.8 Å². The van der Waals surface area contributed by atoms with E-state index < -0.39 is 30.4 Å². The number of carbonyl (C=O) groups excluding carboxylic acids is 1. The summed E-state index contributed by atoms with van der Waals surface area (Å²) >= 11 is 5.21. The third-order valence-corrected chi connectivity index (χ3v) is 11.5. The Hall–Kier alpha value is -0.573. The van der Waals surface area contributed by atoms with Crippen LogP contribution in [0.1, 0.15) is 70.4 Å². The van der Waals surface area contributed by atoms with Gasteiger partial charge in [-0.05, 0) is 63.5 Å². The molecular weight excluding hydrogens is 426 g/mol. The molecular formula is C21H36ClNO4SSi. The first-order chi connectivity index (χ1) is 13.1. The minimum absolute atomic E-state index is 0.0539. The Bertz CT molecular complexity index is 701. The van der Waals surface area contributed by atoms with Crippen LogP contribution in [0.5, 0.6) is 0 Å². The second-order valence-corrected chi connectivity index (χ2v) is 16.8. The first-order valence-corrected chi connectivity index (χ1v) is 14.3. The second-order valence-electron chi connectivity index (χ2n) is 9.58. The Morgan fingerprint density at radius 2 is 1.83 bits per heavy atom. The second kappa shape index (κ2) is 10.2. The Labute approximate surface area is 185 Å². The maximum Gasteiger partial charge on any atom is 0.338 e. The maximum absolute atomic E-state index is 12.8. The van der Waals surface area contributed by atoms with Crippen molar-refractivity contribution in [1.82, 2.24) is 4.72 Å². The lowest BCUT2D eigenvalue weighted by Crippen LogP contribution is -2.46. The summed E-state index contributed by atoms with van der Waals surface area (Å²) in [5.41, 5.74) is 1.14. The molecule has 0 bridgehead atoms. The molecule has 0 saturated heterocycles. The fourth-order valence-corrected chi connectivity index (χ4v) is 4.29. The van der Waals surface area contributed by atoms with E-state index in [-0.39, 0.29) is 11.1 Å². The van der Waals surface area contributed by atoms with E-state index in [4.69, 9.17) is 20.8 Å². The van der Waals surface area contributed by atoms with Crippen molar-refractivity contribution in [2.75, 3.05) is 13.2 Å². The fraction of sp³-hybridized carbons (Fsp3) is 0.667. The molecule has 1 rings (SSSR count). The van der Waals surface area contributed by atoms with Gasteiger partial charge in [-0.1, -0.05) is 38.4 Å². The van der Waals surface area contributed by atoms with Crippen LogP contribution in [0.4, 0.5) is 0 Å². The molecule has 0 heterocycles. The van der Waals surface area contributed by atoms with Crippen LogP contribution in [0.15, 0.2) is 18.2 Å². The molecule has 29 heavy (non-hydrogen) atoms. The van der Waals surface area contributed by atoms with Crippen molar-refractivity contribution in [2.45, 2.75) is 77.4 Å². The number of benzene rings is 1. The van der Waals surface area contributed by atoms with E-state index in [0.717, 1.165) is 5.56 Å². The summed E-state index contributed by atoms with van der Waals surface area (Å²) in [5, 5.41) is 0.468. The smallest absolute Gasteiger partial charge is 0.338 e. The topological polar surface area (TPSA) is 70.6 Å². The molecule has 0 aliphatic heterocycles. The molecule has 0 amide bonds. The average Bonchev–Trinajstić information content (AvgIpc) is 2.56. The summed E-state index contributed by atoms with van der Waals surface area (Å²) < 4.78 is 27.0. The van der Waals surface area contributed by atoms with Crippen LogP contribution < -0.4 is 4.72 Å². The van der Waals surface area contributed by atoms with Crippen LogP contribution >= 0.6 is 11.6 Å². The van der Waals surface area contributed by atoms with Crippen LogP contribution in [-0.4, -0.2) is 36.8 Å². The van der Waals surface area contributed by atoms with Crippen molar-refractivity contribution in [1.29, 1.82) is 0 Å². The maximum atomic E-state index is 12.8. The van der Waals surface area contributed by atoms with Gasteiger partial charge in [0.15, 0.2) is 8.32 Å². The zero-order chi connectivity index (χ0) is 22.6. The number of halogens is 1. The highest BCUT2D eigenvalue weighted by Gasteiger charge is 2.39. The molecule has 8 heteroatoms. The molecule has 1 aromatic carbocycles. The van der Waals surface area contributed by atoms with E-state index in [1.165, 1.54) is 0 Å². The summed E-state index contributed by atoms with van der Waals surface area (Å²) in [4.78, 5) is 12.0. The summed E-state index contributed by atoms with van der Waals surface area (Å²) in [6.45, 7) is 19.0. The minimum atomic E-state index is -2.01. The van der Waals surface area contributed by atoms with Gasteiger partial charge in [-0.25, -0.2) is 4.79 Å². The highest BCUT2D eigenvalue weighted by atomic mass is 35.5. The molecule has 0 fully saturated rings. The van der Waals surface area contributed by atoms with E-state index in [2.05, 4.69) is 38.6 Å². The fourth-order valence-electron chi connectivity index (χ4n) is 2.15. The van der Waals surface area contributed by atoms with Gasteiger partial charge in [0.1, 0.15) is 10.8 Å². The number of nitrogens with one attached hydrogen (secondary N) is 1. The van der Waals surface area contributed by atoms with E-state index in [1.807, 2.05) is 20.8 Å². The van der Waals surface area contributed by atoms with Crippen molar-refractivity contribution in [3.63, 3.8) is 0 Å². The van der Waals surface area contributed by atoms with Gasteiger partial charge in [-0.2, -0.15) is 0 Å². The number of carbonyl (C=O) groups is 1. The van der Waals surface area contributed by atoms with Gasteiger partial charge in [0, 0.05) is 16.4 Å². The van der Waals surface area contributed by atoms with Crippen molar-refractivity contribution in [3.8, 4) is 0 Å². The predicted molar refractivity (Wildman–Crippen MR) is 124 cm³/mol. The largest absolute Gasteiger partial charge is 0.598 e. The van der Waals surface area contributed by atoms with Gasteiger partial charge < -0.3 is 13.7 Å². The lowest BCUT2D eigenvalue weighted by molar-refractivity contribution is 0.0526. The molecule has 1 N–H and O–H groups in total. The number of hydrogen-bond donors (Lipinski definition) is 1. The zero-order valence-electron chi connectivity index (χ0n) is 19.1. The van der Waals surface area contributed by atoms with Crippen molar-refractivity contribution < 1.29 is 18.5 Å². The molecule has 0 saturated carbocycles. The highest BCUT2D eigenvalue weighted by molar-refractivity contribution is 7.90. The van der Waals surface area contributed by atoms with Gasteiger partial charge in [0.2, 0.25) is 0 Å². The van der Waals surface area contributed by atoms with Crippen LogP contribution in [0, 0.1) is 0 Å². The zero-order valence-corrected chi connectivity index (χ0v) is 21.7. The summed E-state index contributed by atoms with van der Waals surface area (Å²) in [6.07, 6.45) is 0. The predicted octanol–water partition coefficient (Wildman–Crippen LogP) is 5.63. The normalized spacial score (nSPS) is 15.1. The third kappa shape index (κ3) is 7.56. The standard InChI is InChI=1S/C21H36ClNO4SSi/c1-10-26-19(24)15-11-12-16(17(22)13-15)18(23-28(25)20(2,3)4)14-27-29(8,9)21(5,6)7/h11-13,18,23H,10,14H2,1-9H3/t18?,28-/m0/s1. The van der Waals surface area contributed by atoms with Crippen LogP contribution in [0.2, 0.25) is 23.2 Å². The van der Waals surface area contributed by atoms with Crippen molar-refractivity contribution >= 4 is 37.2 Å². The highest BCUT2D eigenvalue weighted by Crippen LogP contribution is 2.38. The van der Waals surface area contributed by atoms with Gasteiger partial charge in [-0.15, -0.1) is 4.72 Å². The Morgan fingerprint density at radius 3 is 2.28 bits per heavy atom. The Kier molecular flexibility index (Phi) is 9.27. The van der Waals surface area contributed by atoms with E-state index in [9.17, 15) is 9.35 Å². The molecule has 5 nitrogen and oxygen atoms in total. The molecule has 0 spiro atoms. The lowest BCUT2D eigenvalue weighted by atomic mass is 10.1. The average molecular weight is 462 g/mol. The van der Waals surface area contributed by atoms with E-state index in [0.29, 0.717) is 23.8 Å². The van der Waals surface area contributed by atoms with Gasteiger partial charge in [-0.3, -0.25) is 0 Å². The first-order valence-electron chi connectivity index (χ1n) is 9.88. The molecule has 1 unspecified atom stereocenters. The van der Waals surface area contributed by atoms with Gasteiger partial charge >= 0.3 is 5.97 Å². The molecule has 0 aliphatic rings. The van der Waals surface area contributed by atoms with Crippen LogP contribution in [-0.2, 0) is 20.5 Å². The van der Waals surface area contributed by atoms with Crippen molar-refractivity contribution in [2.24, 2.45) is 0 Å². The van der Waals surface area contributed by atoms with Crippen molar-refractivity contribution in [3.05, 3.63) is 34.3 Å². The summed E-state index contributed by atoms with van der Waals surface area (Å²) in [7, 11) is -2.01. The Morgan fingerprint density at radius 1 is 1.24 bits per heavy atom. The number of esters is 1. The lowest BCUT2D eigenvalue weighted by Gasteiger charge is -2.38. The molecule has 0 aromatic heterocycles. The molecule has 1 aromatic rings. The SMILES string of the molecule is CCOC(=O)c1ccc(C(CO[Si](C)(C)C(C)(C)C)N[S@@+]([O-])C(C)(C)C)c(Cl)c1. The van der Waals surface area contributed by atoms with E-state index in [1.54, 1.807) is 25.1 Å². The molecule has 0 aliphatic carbocycles. The first kappa shape index (κ1) is 26.5. The monoisotopic (exact) mass is 461 g/mol. The van der Waals surface area contributed by atoms with E-state index >= 15 is 0 Å². The summed E-state index contributed by atoms with van der Waals surface area (Å²) in [6, 6.07) is 4.69. The Balaban J connectivity index is 3.18. The van der Waals surface area contributed by atoms with Crippen LogP contribution in [0.3, 0.4) is 0 Å². The minimum Gasteiger partial charge on any atom is -0.598 e. The molecule has 166 valence electrons. The van der Waals surface area contributed by atoms with Gasteiger partial charge in [0.25, 0.3) is 0 Å². The number of hydrogen-bond acceptors (Lipinski definition) is 5. The van der Waals surface area contributed by atoms with Crippen LogP contribution in [0.25, 0.3) is 0 Å².